The summed E-state index contributed by atoms with van der Waals surface area (Å²) in [5.41, 5.74) is 3.55. The Hall–Kier alpha value is -1.55. The number of phenols is 1. The molecule has 4 nitrogen and oxygen atoms in total. The van der Waals surface area contributed by atoms with Gasteiger partial charge in [0.25, 0.3) is 0 Å². The number of benzene rings is 1. The average molecular weight is 260 g/mol. The zero-order valence-corrected chi connectivity index (χ0v) is 11.4. The van der Waals surface area contributed by atoms with Crippen molar-refractivity contribution in [2.24, 2.45) is 0 Å². The van der Waals surface area contributed by atoms with Gasteiger partial charge in [-0.05, 0) is 36.5 Å². The molecule has 19 heavy (non-hydrogen) atoms. The fourth-order valence-electron chi connectivity index (χ4n) is 3.50. The Balaban J connectivity index is 1.87. The maximum atomic E-state index is 11.3. The fraction of sp³-hybridized carbons (Fsp3) is 0.533. The Morgan fingerprint density at radius 1 is 1.37 bits per heavy atom. The molecular formula is C15H20N2O2. The van der Waals surface area contributed by atoms with Crippen LogP contribution in [0.15, 0.2) is 12.1 Å². The molecule has 1 fully saturated rings. The Bertz CT molecular complexity index is 527. The number of hydrogen-bond donors (Lipinski definition) is 3. The number of aryl methyl sites for hydroxylation is 1. The minimum Gasteiger partial charge on any atom is -0.508 e. The van der Waals surface area contributed by atoms with Crippen LogP contribution in [-0.4, -0.2) is 23.6 Å². The van der Waals surface area contributed by atoms with Crippen molar-refractivity contribution in [3.63, 3.8) is 0 Å². The molecule has 1 aromatic carbocycles. The molecule has 4 heteroatoms. The van der Waals surface area contributed by atoms with Crippen molar-refractivity contribution in [3.8, 4) is 5.75 Å². The minimum atomic E-state index is 0.109. The highest BCUT2D eigenvalue weighted by atomic mass is 16.3. The smallest absolute Gasteiger partial charge is 0.221 e. The first-order valence-corrected chi connectivity index (χ1v) is 6.91. The predicted molar refractivity (Wildman–Crippen MR) is 73.2 cm³/mol. The number of carbonyl (C=O) groups is 1. The van der Waals surface area contributed by atoms with E-state index in [-0.39, 0.29) is 18.0 Å². The summed E-state index contributed by atoms with van der Waals surface area (Å²) in [6, 6.07) is 4.09. The molecule has 1 saturated heterocycles. The first-order valence-electron chi connectivity index (χ1n) is 6.91. The Morgan fingerprint density at radius 2 is 2.16 bits per heavy atom. The molecule has 0 spiro atoms. The number of rotatable bonds is 2. The quantitative estimate of drug-likeness (QED) is 0.759. The molecule has 1 amide bonds. The normalized spacial score (nSPS) is 29.4. The van der Waals surface area contributed by atoms with Gasteiger partial charge in [-0.3, -0.25) is 4.79 Å². The minimum absolute atomic E-state index is 0.109. The third-order valence-electron chi connectivity index (χ3n) is 4.33. The van der Waals surface area contributed by atoms with Gasteiger partial charge in [-0.25, -0.2) is 0 Å². The van der Waals surface area contributed by atoms with Gasteiger partial charge in [0.15, 0.2) is 0 Å². The summed E-state index contributed by atoms with van der Waals surface area (Å²) in [6.45, 7) is 4.98. The van der Waals surface area contributed by atoms with Crippen LogP contribution in [0.25, 0.3) is 0 Å². The van der Waals surface area contributed by atoms with Crippen molar-refractivity contribution in [2.75, 3.05) is 6.54 Å². The largest absolute Gasteiger partial charge is 0.508 e. The highest BCUT2D eigenvalue weighted by Gasteiger charge is 2.34. The molecule has 0 saturated carbocycles. The topological polar surface area (TPSA) is 61.4 Å². The van der Waals surface area contributed by atoms with Crippen LogP contribution in [0.2, 0.25) is 0 Å². The maximum Gasteiger partial charge on any atom is 0.221 e. The summed E-state index contributed by atoms with van der Waals surface area (Å²) in [7, 11) is 0. The summed E-state index contributed by atoms with van der Waals surface area (Å²) >= 11 is 0. The Labute approximate surface area is 113 Å². The monoisotopic (exact) mass is 260 g/mol. The second-order valence-electron chi connectivity index (χ2n) is 5.79. The summed E-state index contributed by atoms with van der Waals surface area (Å²) in [5, 5.41) is 16.5. The first kappa shape index (κ1) is 12.5. The van der Waals surface area contributed by atoms with Crippen LogP contribution >= 0.6 is 0 Å². The van der Waals surface area contributed by atoms with Gasteiger partial charge < -0.3 is 15.7 Å². The number of fused-ring (bicyclic) bond motifs is 1. The molecule has 3 N–H and O–H groups in total. The molecule has 0 radical (unpaired) electrons. The van der Waals surface area contributed by atoms with Crippen LogP contribution in [0.5, 0.6) is 5.75 Å². The second-order valence-corrected chi connectivity index (χ2v) is 5.79. The van der Waals surface area contributed by atoms with Gasteiger partial charge in [-0.2, -0.15) is 0 Å². The van der Waals surface area contributed by atoms with E-state index in [9.17, 15) is 9.90 Å². The van der Waals surface area contributed by atoms with E-state index in [1.807, 2.05) is 6.07 Å². The van der Waals surface area contributed by atoms with Crippen molar-refractivity contribution in [3.05, 3.63) is 28.8 Å². The molecule has 3 rings (SSSR count). The summed E-state index contributed by atoms with van der Waals surface area (Å²) in [6.07, 6.45) is 1.52. The van der Waals surface area contributed by atoms with Crippen molar-refractivity contribution >= 4 is 5.91 Å². The van der Waals surface area contributed by atoms with Gasteiger partial charge in [-0.15, -0.1) is 0 Å². The molecule has 3 atom stereocenters. The number of nitrogens with one attached hydrogen (secondary N) is 2. The van der Waals surface area contributed by atoms with Crippen LogP contribution < -0.4 is 10.6 Å². The van der Waals surface area contributed by atoms with Crippen molar-refractivity contribution in [1.82, 2.24) is 10.6 Å². The van der Waals surface area contributed by atoms with Crippen LogP contribution in [0, 0.1) is 6.92 Å². The molecule has 1 aliphatic heterocycles. The van der Waals surface area contributed by atoms with E-state index in [4.69, 9.17) is 0 Å². The molecule has 2 aliphatic rings. The summed E-state index contributed by atoms with van der Waals surface area (Å²) in [4.78, 5) is 11.3. The molecule has 1 aromatic rings. The van der Waals surface area contributed by atoms with Gasteiger partial charge in [-0.1, -0.05) is 13.0 Å². The summed E-state index contributed by atoms with van der Waals surface area (Å²) < 4.78 is 0. The van der Waals surface area contributed by atoms with Crippen LogP contribution in [-0.2, 0) is 4.79 Å². The lowest BCUT2D eigenvalue weighted by Gasteiger charge is -2.19. The maximum absolute atomic E-state index is 11.3. The zero-order valence-electron chi connectivity index (χ0n) is 11.4. The predicted octanol–water partition coefficient (Wildman–Crippen LogP) is 1.73. The van der Waals surface area contributed by atoms with E-state index in [0.717, 1.165) is 12.0 Å². The van der Waals surface area contributed by atoms with Crippen LogP contribution in [0.4, 0.5) is 0 Å². The molecule has 0 aromatic heterocycles. The molecule has 1 aliphatic carbocycles. The van der Waals surface area contributed by atoms with Crippen LogP contribution in [0.3, 0.4) is 0 Å². The molecular weight excluding hydrogens is 240 g/mol. The van der Waals surface area contributed by atoms with E-state index in [0.29, 0.717) is 24.6 Å². The zero-order chi connectivity index (χ0) is 13.6. The molecule has 1 heterocycles. The average Bonchev–Trinajstić information content (AvgIpc) is 2.90. The number of carbonyl (C=O) groups excluding carboxylic acids is 1. The number of hydrogen-bond acceptors (Lipinski definition) is 3. The summed E-state index contributed by atoms with van der Waals surface area (Å²) in [5.74, 6) is 0.932. The van der Waals surface area contributed by atoms with Crippen molar-refractivity contribution in [1.29, 1.82) is 0 Å². The van der Waals surface area contributed by atoms with Crippen molar-refractivity contribution < 1.29 is 9.90 Å². The fourth-order valence-corrected chi connectivity index (χ4v) is 3.50. The third-order valence-corrected chi connectivity index (χ3v) is 4.33. The SMILES string of the molecule is Cc1ccc(O)c2c1C(C)CC2NC1CNC(=O)C1. The van der Waals surface area contributed by atoms with Gasteiger partial charge in [0, 0.05) is 30.6 Å². The van der Waals surface area contributed by atoms with E-state index in [1.165, 1.54) is 11.1 Å². The highest BCUT2D eigenvalue weighted by molar-refractivity contribution is 5.78. The Morgan fingerprint density at radius 3 is 2.84 bits per heavy atom. The van der Waals surface area contributed by atoms with E-state index in [1.54, 1.807) is 6.07 Å². The number of phenolic OH excluding ortho intramolecular Hbond substituents is 1. The van der Waals surface area contributed by atoms with Gasteiger partial charge in [0.05, 0.1) is 0 Å². The van der Waals surface area contributed by atoms with E-state index >= 15 is 0 Å². The molecule has 0 bridgehead atoms. The number of amides is 1. The first-order chi connectivity index (χ1) is 9.06. The Kier molecular flexibility index (Phi) is 2.97. The van der Waals surface area contributed by atoms with Gasteiger partial charge in [0.2, 0.25) is 5.91 Å². The second kappa shape index (κ2) is 4.53. The van der Waals surface area contributed by atoms with E-state index in [2.05, 4.69) is 24.5 Å². The lowest BCUT2D eigenvalue weighted by Crippen LogP contribution is -2.33. The lowest BCUT2D eigenvalue weighted by atomic mass is 9.97. The highest BCUT2D eigenvalue weighted by Crippen LogP contribution is 2.46. The molecule has 102 valence electrons. The number of aromatic hydroxyl groups is 1. The van der Waals surface area contributed by atoms with E-state index < -0.39 is 0 Å². The standard InChI is InChI=1S/C15H20N2O2/c1-8-3-4-12(18)15-11(5-9(2)14(8)15)17-10-6-13(19)16-7-10/h3-4,9-11,17-18H,5-7H2,1-2H3,(H,16,19). The lowest BCUT2D eigenvalue weighted by molar-refractivity contribution is -0.119. The van der Waals surface area contributed by atoms with Gasteiger partial charge in [0.1, 0.15) is 5.75 Å². The third kappa shape index (κ3) is 2.10. The van der Waals surface area contributed by atoms with Crippen molar-refractivity contribution in [2.45, 2.75) is 44.7 Å². The van der Waals surface area contributed by atoms with Crippen LogP contribution in [0.1, 0.15) is 48.4 Å². The molecule has 3 unspecified atom stereocenters. The van der Waals surface area contributed by atoms with Gasteiger partial charge >= 0.3 is 0 Å².